The van der Waals surface area contributed by atoms with Crippen molar-refractivity contribution in [1.29, 1.82) is 0 Å². The van der Waals surface area contributed by atoms with Gasteiger partial charge in [-0.2, -0.15) is 0 Å². The summed E-state index contributed by atoms with van der Waals surface area (Å²) in [4.78, 5) is 3.05. The number of benzene rings is 1. The fraction of sp³-hybridized carbons (Fsp3) is 0.786. The normalized spacial score (nSPS) is 15.2. The molecule has 1 aliphatic heterocycles. The van der Waals surface area contributed by atoms with Crippen molar-refractivity contribution < 1.29 is 9.50 Å². The fourth-order valence-corrected chi connectivity index (χ4v) is 4.91. The van der Waals surface area contributed by atoms with Gasteiger partial charge in [-0.05, 0) is 55.7 Å². The van der Waals surface area contributed by atoms with E-state index in [0.717, 1.165) is 41.4 Å². The molecule has 32 heavy (non-hydrogen) atoms. The molecule has 1 heterocycles. The Hall–Kier alpha value is -0.740. The van der Waals surface area contributed by atoms with Crippen LogP contribution in [0, 0.1) is 23.6 Å². The van der Waals surface area contributed by atoms with Crippen molar-refractivity contribution in [2.75, 3.05) is 18.0 Å². The van der Waals surface area contributed by atoms with E-state index in [1.165, 1.54) is 69.2 Å². The van der Waals surface area contributed by atoms with Crippen LogP contribution in [0.4, 0.5) is 10.1 Å². The highest BCUT2D eigenvalue weighted by molar-refractivity contribution is 7.99. The Balaban J connectivity index is 0.000000625. The molecule has 0 amide bonds. The number of anilines is 1. The van der Waals surface area contributed by atoms with Gasteiger partial charge in [-0.3, -0.25) is 0 Å². The van der Waals surface area contributed by atoms with Gasteiger partial charge in [0.25, 0.3) is 0 Å². The predicted octanol–water partition coefficient (Wildman–Crippen LogP) is 9.16. The Morgan fingerprint density at radius 3 is 1.91 bits per heavy atom. The number of hydrogen-bond acceptors (Lipinski definition) is 3. The average Bonchev–Trinajstić information content (AvgIpc) is 2.74. The Bertz CT molecular complexity index is 565. The lowest BCUT2D eigenvalue weighted by molar-refractivity contribution is 0.284. The molecular weight excluding hydrogens is 417 g/mol. The molecule has 1 saturated heterocycles. The van der Waals surface area contributed by atoms with Crippen LogP contribution in [0.1, 0.15) is 107 Å². The first-order chi connectivity index (χ1) is 15.2. The second-order valence-electron chi connectivity index (χ2n) is 9.49. The van der Waals surface area contributed by atoms with Crippen LogP contribution in [0.25, 0.3) is 0 Å². The summed E-state index contributed by atoms with van der Waals surface area (Å²) in [6.45, 7) is 19.4. The number of aliphatic hydroxyl groups excluding tert-OH is 1. The predicted molar refractivity (Wildman–Crippen MR) is 143 cm³/mol. The molecule has 2 nitrogen and oxygen atoms in total. The third-order valence-corrected chi connectivity index (χ3v) is 6.83. The van der Waals surface area contributed by atoms with E-state index in [-0.39, 0.29) is 5.82 Å². The smallest absolute Gasteiger partial charge is 0.126 e. The number of aliphatic hydroxyl groups is 1. The maximum absolute atomic E-state index is 13.7. The van der Waals surface area contributed by atoms with Crippen LogP contribution < -0.4 is 4.90 Å². The SMILES string of the molecule is CCC.CCC1CCN(c2cc(F)cc(SC(C)O)c2)CC1.CCCC(CCC)C(C)C. The molecule has 1 unspecified atom stereocenters. The van der Waals surface area contributed by atoms with Crippen molar-refractivity contribution in [3.8, 4) is 0 Å². The Labute approximate surface area is 203 Å². The van der Waals surface area contributed by atoms with E-state index in [2.05, 4.69) is 53.4 Å². The summed E-state index contributed by atoms with van der Waals surface area (Å²) in [5.41, 5.74) is 0.429. The zero-order chi connectivity index (χ0) is 24.5. The molecule has 1 N–H and O–H groups in total. The van der Waals surface area contributed by atoms with E-state index in [1.807, 2.05) is 6.07 Å². The van der Waals surface area contributed by atoms with Crippen molar-refractivity contribution in [2.24, 2.45) is 17.8 Å². The van der Waals surface area contributed by atoms with Crippen LogP contribution in [-0.2, 0) is 0 Å². The number of rotatable bonds is 9. The second kappa shape index (κ2) is 18.7. The van der Waals surface area contributed by atoms with Crippen molar-refractivity contribution >= 4 is 17.4 Å². The molecule has 2 rings (SSSR count). The number of piperidine rings is 1. The molecule has 0 saturated carbocycles. The quantitative estimate of drug-likeness (QED) is 0.288. The van der Waals surface area contributed by atoms with Gasteiger partial charge in [0.15, 0.2) is 0 Å². The third-order valence-electron chi connectivity index (χ3n) is 5.98. The highest BCUT2D eigenvalue weighted by atomic mass is 32.2. The standard InChI is InChI=1S/C15H22FNOS.C10H22.C3H8/c1-3-12-4-6-17(7-5-12)14-8-13(16)9-15(10-14)19-11(2)18;1-5-7-10(8-6-2)9(3)4;1-3-2/h8-12,18H,3-7H2,1-2H3;9-10H,5-8H2,1-4H3;3H2,1-2H3. The highest BCUT2D eigenvalue weighted by Crippen LogP contribution is 2.30. The van der Waals surface area contributed by atoms with E-state index in [9.17, 15) is 9.50 Å². The van der Waals surface area contributed by atoms with Gasteiger partial charge in [-0.1, -0.05) is 98.8 Å². The van der Waals surface area contributed by atoms with Crippen molar-refractivity contribution in [1.82, 2.24) is 0 Å². The number of halogens is 1. The zero-order valence-corrected chi connectivity index (χ0v) is 23.1. The Morgan fingerprint density at radius 2 is 1.50 bits per heavy atom. The van der Waals surface area contributed by atoms with E-state index >= 15 is 0 Å². The van der Waals surface area contributed by atoms with Gasteiger partial charge in [0.1, 0.15) is 11.3 Å². The minimum atomic E-state index is -0.513. The fourth-order valence-electron chi connectivity index (χ4n) is 4.15. The first-order valence-corrected chi connectivity index (χ1v) is 14.0. The lowest BCUT2D eigenvalue weighted by Crippen LogP contribution is -2.33. The van der Waals surface area contributed by atoms with E-state index < -0.39 is 5.44 Å². The minimum absolute atomic E-state index is 0.224. The molecule has 1 aliphatic rings. The van der Waals surface area contributed by atoms with Gasteiger partial charge in [-0.15, -0.1) is 0 Å². The topological polar surface area (TPSA) is 23.5 Å². The molecule has 0 radical (unpaired) electrons. The third kappa shape index (κ3) is 13.7. The number of hydrogen-bond donors (Lipinski definition) is 1. The molecule has 1 atom stereocenters. The molecule has 4 heteroatoms. The van der Waals surface area contributed by atoms with Gasteiger partial charge in [0.2, 0.25) is 0 Å². The summed E-state index contributed by atoms with van der Waals surface area (Å²) in [5.74, 6) is 2.46. The number of thioether (sulfide) groups is 1. The van der Waals surface area contributed by atoms with Crippen molar-refractivity contribution in [3.05, 3.63) is 24.0 Å². The Morgan fingerprint density at radius 1 is 0.969 bits per heavy atom. The first kappa shape index (κ1) is 31.3. The maximum atomic E-state index is 13.7. The molecule has 0 aliphatic carbocycles. The summed E-state index contributed by atoms with van der Waals surface area (Å²) >= 11 is 1.28. The van der Waals surface area contributed by atoms with Crippen molar-refractivity contribution in [2.45, 2.75) is 117 Å². The van der Waals surface area contributed by atoms with Crippen LogP contribution in [0.2, 0.25) is 0 Å². The zero-order valence-electron chi connectivity index (χ0n) is 22.3. The maximum Gasteiger partial charge on any atom is 0.126 e. The molecule has 0 spiro atoms. The van der Waals surface area contributed by atoms with Gasteiger partial charge in [0, 0.05) is 23.7 Å². The van der Waals surface area contributed by atoms with Crippen LogP contribution in [0.15, 0.2) is 23.1 Å². The molecule has 0 aromatic heterocycles. The number of nitrogens with zero attached hydrogens (tertiary/aromatic N) is 1. The van der Waals surface area contributed by atoms with Gasteiger partial charge >= 0.3 is 0 Å². The van der Waals surface area contributed by atoms with E-state index in [1.54, 1.807) is 13.0 Å². The highest BCUT2D eigenvalue weighted by Gasteiger charge is 2.19. The van der Waals surface area contributed by atoms with Gasteiger partial charge < -0.3 is 10.0 Å². The van der Waals surface area contributed by atoms with Crippen LogP contribution in [0.3, 0.4) is 0 Å². The second-order valence-corrected chi connectivity index (χ2v) is 10.9. The first-order valence-electron chi connectivity index (χ1n) is 13.1. The molecule has 1 aromatic carbocycles. The lowest BCUT2D eigenvalue weighted by Gasteiger charge is -2.33. The summed E-state index contributed by atoms with van der Waals surface area (Å²) in [6.07, 6.45) is 10.4. The summed E-state index contributed by atoms with van der Waals surface area (Å²) in [5, 5.41) is 9.39. The van der Waals surface area contributed by atoms with Crippen LogP contribution in [-0.4, -0.2) is 23.6 Å². The summed E-state index contributed by atoms with van der Waals surface area (Å²) in [7, 11) is 0. The molecule has 188 valence electrons. The van der Waals surface area contributed by atoms with Gasteiger partial charge in [-0.25, -0.2) is 4.39 Å². The van der Waals surface area contributed by atoms with Crippen LogP contribution in [0.5, 0.6) is 0 Å². The van der Waals surface area contributed by atoms with E-state index in [0.29, 0.717) is 0 Å². The summed E-state index contributed by atoms with van der Waals surface area (Å²) in [6, 6.07) is 5.06. The largest absolute Gasteiger partial charge is 0.382 e. The van der Waals surface area contributed by atoms with E-state index in [4.69, 9.17) is 0 Å². The monoisotopic (exact) mass is 469 g/mol. The lowest BCUT2D eigenvalue weighted by atomic mass is 9.88. The summed E-state index contributed by atoms with van der Waals surface area (Å²) < 4.78 is 13.7. The molecule has 1 fully saturated rings. The molecular formula is C28H52FNOS. The molecule has 0 bridgehead atoms. The minimum Gasteiger partial charge on any atom is -0.382 e. The molecule has 1 aromatic rings. The van der Waals surface area contributed by atoms with Crippen LogP contribution >= 0.6 is 11.8 Å². The average molecular weight is 470 g/mol. The van der Waals surface area contributed by atoms with Gasteiger partial charge in [0.05, 0.1) is 0 Å². The Kier molecular flexibility index (Phi) is 18.2. The van der Waals surface area contributed by atoms with Crippen molar-refractivity contribution in [3.63, 3.8) is 0 Å².